The molecule has 1 aromatic heterocycles. The van der Waals surface area contributed by atoms with E-state index in [2.05, 4.69) is 15.6 Å². The van der Waals surface area contributed by atoms with E-state index >= 15 is 0 Å². The Morgan fingerprint density at radius 1 is 1.07 bits per heavy atom. The minimum atomic E-state index is -0.640. The van der Waals surface area contributed by atoms with Crippen LogP contribution in [0.25, 0.3) is 22.2 Å². The molecular formula is C22H24F3N3O2. The number of aliphatic hydroxyl groups excluding tert-OH is 1. The number of carbonyl (C=O) groups excluding carboxylic acids is 1. The van der Waals surface area contributed by atoms with E-state index in [1.54, 1.807) is 18.2 Å². The molecule has 160 valence electrons. The van der Waals surface area contributed by atoms with Crippen LogP contribution in [0.4, 0.5) is 13.2 Å². The number of benzene rings is 2. The van der Waals surface area contributed by atoms with Crippen molar-refractivity contribution >= 4 is 16.8 Å². The summed E-state index contributed by atoms with van der Waals surface area (Å²) in [6, 6.07) is 9.50. The van der Waals surface area contributed by atoms with Crippen molar-refractivity contribution in [3.63, 3.8) is 0 Å². The Labute approximate surface area is 172 Å². The largest absolute Gasteiger partial charge is 0.377 e. The quantitative estimate of drug-likeness (QED) is 0.460. The zero-order chi connectivity index (χ0) is 21.5. The van der Waals surface area contributed by atoms with Crippen molar-refractivity contribution < 1.29 is 23.1 Å². The van der Waals surface area contributed by atoms with E-state index in [4.69, 9.17) is 5.11 Å². The highest BCUT2D eigenvalue weighted by Gasteiger charge is 2.16. The second kappa shape index (κ2) is 10.3. The van der Waals surface area contributed by atoms with Gasteiger partial charge in [-0.3, -0.25) is 4.79 Å². The van der Waals surface area contributed by atoms with Crippen LogP contribution in [0.15, 0.2) is 42.5 Å². The Hall–Kier alpha value is -2.84. The number of hydrogen-bond donors (Lipinski definition) is 4. The molecule has 1 fully saturated rings. The number of halogens is 3. The summed E-state index contributed by atoms with van der Waals surface area (Å²) in [7, 11) is 0. The predicted molar refractivity (Wildman–Crippen MR) is 109 cm³/mol. The Balaban J connectivity index is 0.000000187. The van der Waals surface area contributed by atoms with Crippen molar-refractivity contribution in [3.05, 3.63) is 59.9 Å². The van der Waals surface area contributed by atoms with Gasteiger partial charge in [0, 0.05) is 17.1 Å². The summed E-state index contributed by atoms with van der Waals surface area (Å²) in [5, 5.41) is 14.2. The van der Waals surface area contributed by atoms with E-state index in [9.17, 15) is 18.0 Å². The van der Waals surface area contributed by atoms with Gasteiger partial charge in [-0.05, 0) is 67.3 Å². The lowest BCUT2D eigenvalue weighted by atomic mass is 9.85. The van der Waals surface area contributed by atoms with Gasteiger partial charge < -0.3 is 20.7 Å². The van der Waals surface area contributed by atoms with E-state index in [1.807, 2.05) is 0 Å². The Kier molecular flexibility index (Phi) is 7.48. The number of amides is 1. The molecular weight excluding hydrogens is 395 g/mol. The van der Waals surface area contributed by atoms with Crippen LogP contribution in [0.5, 0.6) is 0 Å². The molecule has 30 heavy (non-hydrogen) atoms. The Morgan fingerprint density at radius 2 is 1.80 bits per heavy atom. The number of hydrogen-bond acceptors (Lipinski definition) is 3. The maximum Gasteiger partial charge on any atom is 0.235 e. The topological polar surface area (TPSA) is 77.2 Å². The van der Waals surface area contributed by atoms with Crippen LogP contribution in [0, 0.1) is 23.4 Å². The van der Waals surface area contributed by atoms with E-state index < -0.39 is 11.6 Å². The molecule has 0 spiro atoms. The number of H-pyrrole nitrogens is 1. The van der Waals surface area contributed by atoms with E-state index in [1.165, 1.54) is 37.5 Å². The Morgan fingerprint density at radius 3 is 2.43 bits per heavy atom. The minimum Gasteiger partial charge on any atom is -0.377 e. The lowest BCUT2D eigenvalue weighted by molar-refractivity contribution is -0.121. The molecule has 2 aromatic carbocycles. The van der Waals surface area contributed by atoms with Gasteiger partial charge in [0.1, 0.15) is 24.2 Å². The van der Waals surface area contributed by atoms with Crippen LogP contribution in [0.2, 0.25) is 0 Å². The first-order valence-corrected chi connectivity index (χ1v) is 9.78. The fraction of sp³-hybridized carbons (Fsp3) is 0.318. The molecule has 0 aliphatic heterocycles. The average molecular weight is 419 g/mol. The number of aliphatic hydroxyl groups is 1. The fourth-order valence-electron chi connectivity index (χ4n) is 3.19. The zero-order valence-electron chi connectivity index (χ0n) is 16.4. The standard InChI is InChI=1S/C14H8F3N.C8H16N2O2/c15-10-3-1-8(2-4-10)13-6-9-5-11(16)7-12(17)14(9)18-13;11-6-10-8(12)5-9-4-7-2-1-3-7/h1-7,18H;7,9,11H,1-6H2,(H,10,12). The van der Waals surface area contributed by atoms with Gasteiger partial charge in [0.25, 0.3) is 0 Å². The van der Waals surface area contributed by atoms with Gasteiger partial charge in [-0.15, -0.1) is 0 Å². The third-order valence-electron chi connectivity index (χ3n) is 5.02. The van der Waals surface area contributed by atoms with Crippen LogP contribution in [-0.2, 0) is 4.79 Å². The monoisotopic (exact) mass is 419 g/mol. The van der Waals surface area contributed by atoms with Crippen molar-refractivity contribution in [2.45, 2.75) is 19.3 Å². The molecule has 0 radical (unpaired) electrons. The van der Waals surface area contributed by atoms with Crippen LogP contribution < -0.4 is 10.6 Å². The first kappa shape index (κ1) is 21.9. The van der Waals surface area contributed by atoms with Crippen molar-refractivity contribution in [2.75, 3.05) is 19.8 Å². The molecule has 1 aliphatic carbocycles. The van der Waals surface area contributed by atoms with Crippen molar-refractivity contribution in [1.29, 1.82) is 0 Å². The van der Waals surface area contributed by atoms with Crippen LogP contribution >= 0.6 is 0 Å². The lowest BCUT2D eigenvalue weighted by Gasteiger charge is -2.25. The van der Waals surface area contributed by atoms with Gasteiger partial charge >= 0.3 is 0 Å². The first-order valence-electron chi connectivity index (χ1n) is 9.78. The second-order valence-corrected chi connectivity index (χ2v) is 7.23. The number of nitrogens with one attached hydrogen (secondary N) is 3. The van der Waals surface area contributed by atoms with Gasteiger partial charge in [-0.2, -0.15) is 0 Å². The Bertz CT molecular complexity index is 985. The van der Waals surface area contributed by atoms with Crippen LogP contribution in [-0.4, -0.2) is 35.8 Å². The molecule has 0 saturated heterocycles. The van der Waals surface area contributed by atoms with Crippen LogP contribution in [0.1, 0.15) is 19.3 Å². The molecule has 1 aliphatic rings. The molecule has 1 amide bonds. The number of carbonyl (C=O) groups is 1. The second-order valence-electron chi connectivity index (χ2n) is 7.23. The van der Waals surface area contributed by atoms with E-state index in [0.29, 0.717) is 23.2 Å². The van der Waals surface area contributed by atoms with Gasteiger partial charge in [-0.1, -0.05) is 6.42 Å². The highest BCUT2D eigenvalue weighted by Crippen LogP contribution is 2.27. The average Bonchev–Trinajstić information content (AvgIpc) is 3.09. The number of rotatable bonds is 6. The summed E-state index contributed by atoms with van der Waals surface area (Å²) in [5.74, 6) is -0.973. The van der Waals surface area contributed by atoms with Gasteiger partial charge in [0.2, 0.25) is 5.91 Å². The molecule has 5 nitrogen and oxygen atoms in total. The van der Waals surface area contributed by atoms with Gasteiger partial charge in [0.05, 0.1) is 12.1 Å². The highest BCUT2D eigenvalue weighted by atomic mass is 19.1. The maximum atomic E-state index is 13.5. The summed E-state index contributed by atoms with van der Waals surface area (Å²) < 4.78 is 39.4. The molecule has 1 saturated carbocycles. The summed E-state index contributed by atoms with van der Waals surface area (Å²) in [4.78, 5) is 13.7. The van der Waals surface area contributed by atoms with Crippen molar-refractivity contribution in [3.8, 4) is 11.3 Å². The third-order valence-corrected chi connectivity index (χ3v) is 5.02. The summed E-state index contributed by atoms with van der Waals surface area (Å²) in [6.45, 7) is 0.972. The lowest BCUT2D eigenvalue weighted by Crippen LogP contribution is -2.37. The molecule has 0 unspecified atom stereocenters. The first-order chi connectivity index (χ1) is 14.5. The SMILES string of the molecule is Fc1ccc(-c2cc3cc(F)cc(F)c3[nH]2)cc1.O=C(CNCC1CCC1)NCO. The number of aromatic nitrogens is 1. The third kappa shape index (κ3) is 5.84. The summed E-state index contributed by atoms with van der Waals surface area (Å²) in [5.41, 5.74) is 1.58. The minimum absolute atomic E-state index is 0.142. The highest BCUT2D eigenvalue weighted by molar-refractivity contribution is 5.86. The van der Waals surface area contributed by atoms with Gasteiger partial charge in [0.15, 0.2) is 0 Å². The molecule has 3 aromatic rings. The van der Waals surface area contributed by atoms with E-state index in [-0.39, 0.29) is 24.0 Å². The van der Waals surface area contributed by atoms with Crippen molar-refractivity contribution in [1.82, 2.24) is 15.6 Å². The summed E-state index contributed by atoms with van der Waals surface area (Å²) in [6.07, 6.45) is 3.90. The van der Waals surface area contributed by atoms with E-state index in [0.717, 1.165) is 18.5 Å². The normalized spacial score (nSPS) is 13.5. The molecule has 4 N–H and O–H groups in total. The molecule has 0 bridgehead atoms. The fourth-order valence-corrected chi connectivity index (χ4v) is 3.19. The molecule has 4 rings (SSSR count). The zero-order valence-corrected chi connectivity index (χ0v) is 16.4. The van der Waals surface area contributed by atoms with Gasteiger partial charge in [-0.25, -0.2) is 13.2 Å². The summed E-state index contributed by atoms with van der Waals surface area (Å²) >= 11 is 0. The van der Waals surface area contributed by atoms with Crippen LogP contribution in [0.3, 0.4) is 0 Å². The maximum absolute atomic E-state index is 13.5. The molecule has 0 atom stereocenters. The van der Waals surface area contributed by atoms with Crippen molar-refractivity contribution in [2.24, 2.45) is 5.92 Å². The number of fused-ring (bicyclic) bond motifs is 1. The molecule has 8 heteroatoms. The predicted octanol–water partition coefficient (Wildman–Crippen LogP) is 3.69. The smallest absolute Gasteiger partial charge is 0.235 e. The number of aromatic amines is 1. The molecule has 1 heterocycles.